The zero-order valence-electron chi connectivity index (χ0n) is 29.7. The van der Waals surface area contributed by atoms with E-state index in [2.05, 4.69) is 30.5 Å². The molecule has 0 radical (unpaired) electrons. The minimum atomic E-state index is -0.848. The lowest BCUT2D eigenvalue weighted by Crippen LogP contribution is -2.45. The van der Waals surface area contributed by atoms with Crippen molar-refractivity contribution in [2.24, 2.45) is 34.8 Å². The van der Waals surface area contributed by atoms with Gasteiger partial charge in [0, 0.05) is 38.6 Å². The minimum absolute atomic E-state index is 0.0615. The van der Waals surface area contributed by atoms with Gasteiger partial charge < -0.3 is 35.3 Å². The van der Waals surface area contributed by atoms with Gasteiger partial charge in [-0.3, -0.25) is 9.59 Å². The summed E-state index contributed by atoms with van der Waals surface area (Å²) in [5.41, 5.74) is 5.13. The fourth-order valence-electron chi connectivity index (χ4n) is 5.00. The van der Waals surface area contributed by atoms with Crippen LogP contribution in [0.5, 0.6) is 11.5 Å². The van der Waals surface area contributed by atoms with E-state index in [1.165, 1.54) is 0 Å². The highest BCUT2D eigenvalue weighted by molar-refractivity contribution is 5.83. The number of primary amides is 1. The second kappa shape index (κ2) is 18.8. The Bertz CT molecular complexity index is 1070. The Morgan fingerprint density at radius 1 is 0.911 bits per heavy atom. The zero-order valence-corrected chi connectivity index (χ0v) is 29.7. The summed E-state index contributed by atoms with van der Waals surface area (Å²) in [6.45, 7) is 18.6. The van der Waals surface area contributed by atoms with E-state index < -0.39 is 23.0 Å². The summed E-state index contributed by atoms with van der Waals surface area (Å²) in [7, 11) is 3.30. The molecule has 0 fully saturated rings. The highest BCUT2D eigenvalue weighted by Gasteiger charge is 2.30. The van der Waals surface area contributed by atoms with Gasteiger partial charge in [0.15, 0.2) is 11.5 Å². The molecule has 45 heavy (non-hydrogen) atoms. The van der Waals surface area contributed by atoms with Crippen molar-refractivity contribution in [2.75, 3.05) is 34.0 Å². The topological polar surface area (TPSA) is 138 Å². The molecule has 10 heteroatoms. The van der Waals surface area contributed by atoms with E-state index in [1.54, 1.807) is 28.1 Å². The van der Waals surface area contributed by atoms with Gasteiger partial charge >= 0.3 is 6.09 Å². The first-order valence-corrected chi connectivity index (χ1v) is 16.3. The first-order chi connectivity index (χ1) is 20.9. The van der Waals surface area contributed by atoms with Crippen molar-refractivity contribution < 1.29 is 33.3 Å². The maximum Gasteiger partial charge on any atom is 0.407 e. The number of ether oxygens (including phenoxy) is 4. The number of carbonyl (C=O) groups is 3. The summed E-state index contributed by atoms with van der Waals surface area (Å²) in [6.07, 6.45) is 2.93. The number of methoxy groups -OCH3 is 2. The van der Waals surface area contributed by atoms with Gasteiger partial charge in [0.05, 0.1) is 19.1 Å². The molecule has 10 nitrogen and oxygen atoms in total. The Labute approximate surface area is 271 Å². The number of hydrogen-bond acceptors (Lipinski definition) is 7. The summed E-state index contributed by atoms with van der Waals surface area (Å²) in [5.74, 6) is 1.10. The summed E-state index contributed by atoms with van der Waals surface area (Å²) in [6, 6.07) is 5.80. The Kier molecular flexibility index (Phi) is 16.8. The maximum atomic E-state index is 13.2. The van der Waals surface area contributed by atoms with Crippen LogP contribution in [-0.2, 0) is 25.5 Å². The first-order valence-electron chi connectivity index (χ1n) is 16.3. The predicted octanol–water partition coefficient (Wildman–Crippen LogP) is 5.89. The highest BCUT2D eigenvalue weighted by atomic mass is 16.6. The molecule has 3 unspecified atom stereocenters. The average Bonchev–Trinajstić information content (AvgIpc) is 2.92. The molecule has 0 aromatic heterocycles. The largest absolute Gasteiger partial charge is 0.493 e. The van der Waals surface area contributed by atoms with Crippen LogP contribution in [-0.4, -0.2) is 63.5 Å². The summed E-state index contributed by atoms with van der Waals surface area (Å²) < 4.78 is 22.3. The van der Waals surface area contributed by atoms with Gasteiger partial charge in [-0.1, -0.05) is 33.8 Å². The van der Waals surface area contributed by atoms with Gasteiger partial charge in [0.2, 0.25) is 11.8 Å². The second-order valence-corrected chi connectivity index (χ2v) is 14.4. The van der Waals surface area contributed by atoms with E-state index >= 15 is 0 Å². The Morgan fingerprint density at radius 3 is 2.11 bits per heavy atom. The third kappa shape index (κ3) is 15.2. The van der Waals surface area contributed by atoms with Crippen LogP contribution in [0.15, 0.2) is 18.2 Å². The summed E-state index contributed by atoms with van der Waals surface area (Å²) in [4.78, 5) is 37.9. The molecule has 3 atom stereocenters. The fourth-order valence-corrected chi connectivity index (χ4v) is 5.00. The Balaban J connectivity index is 3.16. The molecule has 0 aliphatic heterocycles. The number of carbonyl (C=O) groups excluding carboxylic acids is 3. The molecule has 1 aromatic rings. The summed E-state index contributed by atoms with van der Waals surface area (Å²) >= 11 is 0. The third-order valence-corrected chi connectivity index (χ3v) is 8.07. The minimum Gasteiger partial charge on any atom is -0.493 e. The number of nitrogens with two attached hydrogens (primary N) is 1. The first kappa shape index (κ1) is 40.0. The van der Waals surface area contributed by atoms with E-state index in [-0.39, 0.29) is 36.2 Å². The highest BCUT2D eigenvalue weighted by Crippen LogP contribution is 2.32. The molecular formula is C35H61N3O7. The molecular weight excluding hydrogens is 574 g/mol. The number of amides is 3. The molecule has 0 heterocycles. The van der Waals surface area contributed by atoms with Crippen LogP contribution >= 0.6 is 0 Å². The number of hydrogen-bond donors (Lipinski definition) is 3. The quantitative estimate of drug-likeness (QED) is 0.152. The molecule has 0 saturated heterocycles. The van der Waals surface area contributed by atoms with Crippen LogP contribution in [0.4, 0.5) is 4.79 Å². The number of benzene rings is 1. The molecule has 258 valence electrons. The van der Waals surface area contributed by atoms with Crippen molar-refractivity contribution in [3.05, 3.63) is 23.8 Å². The van der Waals surface area contributed by atoms with Gasteiger partial charge in [-0.15, -0.1) is 0 Å². The smallest absolute Gasteiger partial charge is 0.407 e. The van der Waals surface area contributed by atoms with E-state index in [9.17, 15) is 14.4 Å². The zero-order chi connectivity index (χ0) is 34.4. The monoisotopic (exact) mass is 635 g/mol. The molecule has 1 aromatic carbocycles. The molecule has 3 amide bonds. The van der Waals surface area contributed by atoms with Crippen LogP contribution in [0.2, 0.25) is 0 Å². The van der Waals surface area contributed by atoms with Gasteiger partial charge in [-0.05, 0) is 95.8 Å². The molecule has 0 bridgehead atoms. The van der Waals surface area contributed by atoms with Gasteiger partial charge in [0.1, 0.15) is 5.60 Å². The Morgan fingerprint density at radius 2 is 1.58 bits per heavy atom. The summed E-state index contributed by atoms with van der Waals surface area (Å²) in [5, 5.41) is 6.04. The standard InChI is InChI=1S/C35H61N3O7/c1-23(2)26(19-25-13-16-29(43-11)30(20-25)44-18-12-17-42-10)21-27(38-33(41)45-34(5,6)7)14-15-28(24(3)4)31(39)37-22-35(8,9)32(36)40/h13,16,20,23-24,26-28H,12,14-15,17-19,21-22H2,1-11H3,(H2,36,40)(H,37,39)(H,38,41). The van der Waals surface area contributed by atoms with Crippen molar-refractivity contribution in [2.45, 2.75) is 106 Å². The maximum absolute atomic E-state index is 13.2. The van der Waals surface area contributed by atoms with Gasteiger partial charge in [0.25, 0.3) is 0 Å². The number of nitrogens with one attached hydrogen (secondary N) is 2. The van der Waals surface area contributed by atoms with Crippen molar-refractivity contribution in [1.82, 2.24) is 10.6 Å². The molecule has 0 aliphatic rings. The lowest BCUT2D eigenvalue weighted by molar-refractivity contribution is -0.129. The van der Waals surface area contributed by atoms with E-state index in [0.717, 1.165) is 18.4 Å². The van der Waals surface area contributed by atoms with Crippen LogP contribution in [0, 0.1) is 29.1 Å². The molecule has 0 aliphatic carbocycles. The van der Waals surface area contributed by atoms with Crippen LogP contribution < -0.4 is 25.8 Å². The fraction of sp³-hybridized carbons (Fsp3) is 0.743. The van der Waals surface area contributed by atoms with E-state index in [0.29, 0.717) is 49.9 Å². The average molecular weight is 636 g/mol. The van der Waals surface area contributed by atoms with Crippen LogP contribution in [0.3, 0.4) is 0 Å². The predicted molar refractivity (Wildman–Crippen MR) is 178 cm³/mol. The molecule has 1 rings (SSSR count). The van der Waals surface area contributed by atoms with E-state index in [1.807, 2.05) is 46.8 Å². The van der Waals surface area contributed by atoms with Crippen LogP contribution in [0.25, 0.3) is 0 Å². The SMILES string of the molecule is COCCCOc1cc(CC(CC(CCC(C(=O)NCC(C)(C)C(N)=O)C(C)C)NC(=O)OC(C)(C)C)C(C)C)ccc1OC. The second-order valence-electron chi connectivity index (χ2n) is 14.4. The molecule has 0 spiro atoms. The number of alkyl carbamates (subject to hydrolysis) is 1. The Hall–Kier alpha value is -3.01. The van der Waals surface area contributed by atoms with Crippen molar-refractivity contribution in [3.63, 3.8) is 0 Å². The molecule has 4 N–H and O–H groups in total. The van der Waals surface area contributed by atoms with Crippen molar-refractivity contribution in [1.29, 1.82) is 0 Å². The van der Waals surface area contributed by atoms with Gasteiger partial charge in [-0.25, -0.2) is 4.79 Å². The van der Waals surface area contributed by atoms with Crippen molar-refractivity contribution >= 4 is 17.9 Å². The third-order valence-electron chi connectivity index (χ3n) is 8.07. The lowest BCUT2D eigenvalue weighted by atomic mass is 9.81. The molecule has 0 saturated carbocycles. The normalized spacial score (nSPS) is 14.1. The van der Waals surface area contributed by atoms with E-state index in [4.69, 9.17) is 24.7 Å². The van der Waals surface area contributed by atoms with Crippen molar-refractivity contribution in [3.8, 4) is 11.5 Å². The van der Waals surface area contributed by atoms with Gasteiger partial charge in [-0.2, -0.15) is 0 Å². The number of rotatable bonds is 20. The van der Waals surface area contributed by atoms with Crippen LogP contribution in [0.1, 0.15) is 93.6 Å². The lowest BCUT2D eigenvalue weighted by Gasteiger charge is -2.30.